The van der Waals surface area contributed by atoms with E-state index in [1.165, 1.54) is 30.1 Å². The van der Waals surface area contributed by atoms with Crippen molar-refractivity contribution in [1.82, 2.24) is 0 Å². The zero-order valence-electron chi connectivity index (χ0n) is 14.6. The molecule has 0 bridgehead atoms. The third-order valence-corrected chi connectivity index (χ3v) is 4.38. The molecule has 1 heterocycles. The normalized spacial score (nSPS) is 10.7. The van der Waals surface area contributed by atoms with E-state index < -0.39 is 4.92 Å². The first-order chi connectivity index (χ1) is 13.6. The molecule has 0 unspecified atom stereocenters. The number of nitrogens with zero attached hydrogens (tertiary/aromatic N) is 2. The molecule has 1 aromatic heterocycles. The minimum Gasteiger partial charge on any atom is -0.449 e. The summed E-state index contributed by atoms with van der Waals surface area (Å²) < 4.78 is 5.58. The molecule has 2 N–H and O–H groups in total. The number of benzene rings is 2. The fraction of sp³-hybridized carbons (Fsp3) is 0.0526. The van der Waals surface area contributed by atoms with Crippen LogP contribution in [-0.4, -0.2) is 22.8 Å². The molecule has 0 aliphatic carbocycles. The highest BCUT2D eigenvalue weighted by atomic mass is 32.2. The number of para-hydroxylation sites is 1. The van der Waals surface area contributed by atoms with Gasteiger partial charge in [0.2, 0.25) is 5.91 Å². The topological polar surface area (TPSA) is 110 Å². The van der Waals surface area contributed by atoms with Gasteiger partial charge < -0.3 is 9.73 Å². The molecule has 3 aromatic rings. The van der Waals surface area contributed by atoms with E-state index in [0.717, 1.165) is 5.69 Å². The Morgan fingerprint density at radius 1 is 1.07 bits per heavy atom. The smallest absolute Gasteiger partial charge is 0.269 e. The van der Waals surface area contributed by atoms with Crippen molar-refractivity contribution in [1.29, 1.82) is 0 Å². The third-order valence-electron chi connectivity index (χ3n) is 3.47. The first-order valence-electron chi connectivity index (χ1n) is 8.21. The Balaban J connectivity index is 1.46. The summed E-state index contributed by atoms with van der Waals surface area (Å²) in [5.41, 5.74) is 4.13. The predicted octanol–water partition coefficient (Wildman–Crippen LogP) is 4.36. The standard InChI is InChI=1S/C19H16N4O4S/c24-18(21-14-4-2-1-3-5-14)13-28-19-11-10-17(27-19)12-20-22-15-6-8-16(9-7-15)23(25)26/h1-12,22H,13H2,(H,21,24)/b20-12-. The maximum atomic E-state index is 11.9. The van der Waals surface area contributed by atoms with Crippen molar-refractivity contribution in [2.45, 2.75) is 5.09 Å². The first kappa shape index (κ1) is 19.2. The lowest BCUT2D eigenvalue weighted by Crippen LogP contribution is -2.13. The Labute approximate surface area is 164 Å². The largest absolute Gasteiger partial charge is 0.449 e. The van der Waals surface area contributed by atoms with E-state index in [1.807, 2.05) is 30.3 Å². The average molecular weight is 396 g/mol. The number of carbonyl (C=O) groups excluding carboxylic acids is 1. The van der Waals surface area contributed by atoms with Crippen LogP contribution in [0.25, 0.3) is 0 Å². The molecule has 9 heteroatoms. The Kier molecular flexibility index (Phi) is 6.42. The molecule has 0 saturated heterocycles. The number of hydrogen-bond acceptors (Lipinski definition) is 7. The van der Waals surface area contributed by atoms with E-state index in [4.69, 9.17) is 4.42 Å². The second-order valence-corrected chi connectivity index (χ2v) is 6.51. The van der Waals surface area contributed by atoms with Gasteiger partial charge in [0.25, 0.3) is 5.69 Å². The van der Waals surface area contributed by atoms with Crippen LogP contribution in [0.1, 0.15) is 5.76 Å². The van der Waals surface area contributed by atoms with E-state index in [-0.39, 0.29) is 17.3 Å². The van der Waals surface area contributed by atoms with E-state index in [2.05, 4.69) is 15.8 Å². The minimum atomic E-state index is -0.463. The van der Waals surface area contributed by atoms with Crippen molar-refractivity contribution >= 4 is 40.9 Å². The van der Waals surface area contributed by atoms with Gasteiger partial charge in [-0.2, -0.15) is 5.10 Å². The summed E-state index contributed by atoms with van der Waals surface area (Å²) in [7, 11) is 0. The van der Waals surface area contributed by atoms with Gasteiger partial charge in [-0.15, -0.1) is 0 Å². The van der Waals surface area contributed by atoms with Gasteiger partial charge in [-0.3, -0.25) is 20.3 Å². The molecule has 8 nitrogen and oxygen atoms in total. The molecule has 0 aliphatic heterocycles. The summed E-state index contributed by atoms with van der Waals surface area (Å²) in [4.78, 5) is 22.1. The number of non-ortho nitro benzene ring substituents is 1. The number of furan rings is 1. The molecule has 1 amide bonds. The molecule has 28 heavy (non-hydrogen) atoms. The van der Waals surface area contributed by atoms with Crippen LogP contribution in [0.3, 0.4) is 0 Å². The maximum absolute atomic E-state index is 11.9. The van der Waals surface area contributed by atoms with Gasteiger partial charge >= 0.3 is 0 Å². The molecule has 142 valence electrons. The first-order valence-corrected chi connectivity index (χ1v) is 9.20. The highest BCUT2D eigenvalue weighted by molar-refractivity contribution is 7.99. The number of amides is 1. The quantitative estimate of drug-likeness (QED) is 0.253. The highest BCUT2D eigenvalue weighted by Crippen LogP contribution is 2.21. The number of anilines is 2. The van der Waals surface area contributed by atoms with Crippen LogP contribution in [0.4, 0.5) is 17.1 Å². The summed E-state index contributed by atoms with van der Waals surface area (Å²) in [6.45, 7) is 0. The molecule has 0 saturated carbocycles. The molecule has 0 spiro atoms. The number of rotatable bonds is 8. The number of hydrogen-bond donors (Lipinski definition) is 2. The van der Waals surface area contributed by atoms with E-state index >= 15 is 0 Å². The Bertz CT molecular complexity index is 971. The number of nitro groups is 1. The van der Waals surface area contributed by atoms with Crippen molar-refractivity contribution in [3.8, 4) is 0 Å². The molecule has 2 aromatic carbocycles. The SMILES string of the molecule is O=C(CSc1ccc(/C=N\Nc2ccc([N+](=O)[O-])cc2)o1)Nc1ccccc1. The lowest BCUT2D eigenvalue weighted by Gasteiger charge is -2.03. The number of hydrazone groups is 1. The third kappa shape index (κ3) is 5.71. The summed E-state index contributed by atoms with van der Waals surface area (Å²) >= 11 is 1.28. The molecule has 0 fully saturated rings. The van der Waals surface area contributed by atoms with Gasteiger partial charge in [0.05, 0.1) is 22.6 Å². The Hall–Kier alpha value is -3.59. The van der Waals surface area contributed by atoms with E-state index in [1.54, 1.807) is 24.3 Å². The van der Waals surface area contributed by atoms with Gasteiger partial charge in [0, 0.05) is 17.8 Å². The summed E-state index contributed by atoms with van der Waals surface area (Å²) in [6.07, 6.45) is 1.48. The molecule has 0 atom stereocenters. The van der Waals surface area contributed by atoms with Crippen LogP contribution in [0.2, 0.25) is 0 Å². The van der Waals surface area contributed by atoms with Crippen LogP contribution in [0.5, 0.6) is 0 Å². The molecule has 0 radical (unpaired) electrons. The van der Waals surface area contributed by atoms with Crippen molar-refractivity contribution in [3.63, 3.8) is 0 Å². The van der Waals surface area contributed by atoms with Crippen molar-refractivity contribution in [2.24, 2.45) is 5.10 Å². The fourth-order valence-electron chi connectivity index (χ4n) is 2.16. The Morgan fingerprint density at radius 3 is 2.54 bits per heavy atom. The number of nitro benzene ring substituents is 1. The lowest BCUT2D eigenvalue weighted by molar-refractivity contribution is -0.384. The van der Waals surface area contributed by atoms with Crippen LogP contribution in [-0.2, 0) is 4.79 Å². The van der Waals surface area contributed by atoms with Crippen LogP contribution in [0.15, 0.2) is 81.3 Å². The van der Waals surface area contributed by atoms with E-state index in [0.29, 0.717) is 16.5 Å². The minimum absolute atomic E-state index is 0.0125. The monoisotopic (exact) mass is 396 g/mol. The number of thioether (sulfide) groups is 1. The van der Waals surface area contributed by atoms with Crippen LogP contribution < -0.4 is 10.7 Å². The fourth-order valence-corrected chi connectivity index (χ4v) is 2.83. The zero-order valence-corrected chi connectivity index (χ0v) is 15.4. The van der Waals surface area contributed by atoms with Gasteiger partial charge in [0.15, 0.2) is 5.09 Å². The van der Waals surface area contributed by atoms with Gasteiger partial charge in [-0.1, -0.05) is 30.0 Å². The number of carbonyl (C=O) groups is 1. The van der Waals surface area contributed by atoms with Crippen LogP contribution in [0, 0.1) is 10.1 Å². The molecule has 3 rings (SSSR count). The highest BCUT2D eigenvalue weighted by Gasteiger charge is 2.07. The predicted molar refractivity (Wildman–Crippen MR) is 109 cm³/mol. The summed E-state index contributed by atoms with van der Waals surface area (Å²) in [6, 6.07) is 18.6. The van der Waals surface area contributed by atoms with Gasteiger partial charge in [-0.25, -0.2) is 0 Å². The van der Waals surface area contributed by atoms with Gasteiger partial charge in [-0.05, 0) is 36.4 Å². The van der Waals surface area contributed by atoms with Gasteiger partial charge in [0.1, 0.15) is 5.76 Å². The second-order valence-electron chi connectivity index (χ2n) is 5.53. The molecular weight excluding hydrogens is 380 g/mol. The van der Waals surface area contributed by atoms with E-state index in [9.17, 15) is 14.9 Å². The van der Waals surface area contributed by atoms with Crippen molar-refractivity contribution < 1.29 is 14.1 Å². The summed E-state index contributed by atoms with van der Waals surface area (Å²) in [5.74, 6) is 0.614. The zero-order chi connectivity index (χ0) is 19.8. The average Bonchev–Trinajstić information content (AvgIpc) is 3.15. The Morgan fingerprint density at radius 2 is 1.82 bits per heavy atom. The number of nitrogens with one attached hydrogen (secondary N) is 2. The van der Waals surface area contributed by atoms with Crippen LogP contribution >= 0.6 is 11.8 Å². The molecule has 0 aliphatic rings. The molecular formula is C19H16N4O4S. The lowest BCUT2D eigenvalue weighted by atomic mass is 10.3. The summed E-state index contributed by atoms with van der Waals surface area (Å²) in [5, 5.41) is 18.0. The second kappa shape index (κ2) is 9.38. The van der Waals surface area contributed by atoms with Crippen molar-refractivity contribution in [2.75, 3.05) is 16.5 Å². The maximum Gasteiger partial charge on any atom is 0.269 e. The van der Waals surface area contributed by atoms with Crippen molar-refractivity contribution in [3.05, 3.63) is 82.6 Å².